The molecule has 0 fully saturated rings. The van der Waals surface area contributed by atoms with Crippen molar-refractivity contribution < 1.29 is 14.3 Å². The fourth-order valence-corrected chi connectivity index (χ4v) is 3.54. The van der Waals surface area contributed by atoms with Gasteiger partial charge in [-0.1, -0.05) is 60.7 Å². The number of Topliss-reactive ketones (excluding diaryl/α,β-unsaturated/α-hetero) is 1. The number of hydrogen-bond donors (Lipinski definition) is 1. The number of carbonyl (C=O) groups excluding carboxylic acids is 2. The molecular formula is C26H21N3O3. The van der Waals surface area contributed by atoms with Crippen molar-refractivity contribution in [3.05, 3.63) is 101 Å². The molecule has 0 bridgehead atoms. The lowest BCUT2D eigenvalue weighted by molar-refractivity contribution is -0.122. The predicted octanol–water partition coefficient (Wildman–Crippen LogP) is 4.58. The summed E-state index contributed by atoms with van der Waals surface area (Å²) in [5.41, 5.74) is 3.87. The average molecular weight is 423 g/mol. The van der Waals surface area contributed by atoms with Gasteiger partial charge in [0, 0.05) is 6.42 Å². The monoisotopic (exact) mass is 423 g/mol. The molecule has 1 aromatic heterocycles. The Morgan fingerprint density at radius 1 is 0.969 bits per heavy atom. The van der Waals surface area contributed by atoms with Gasteiger partial charge in [0.1, 0.15) is 18.3 Å². The number of aromatic amines is 1. The molecule has 0 saturated heterocycles. The van der Waals surface area contributed by atoms with Crippen molar-refractivity contribution in [2.45, 2.75) is 18.8 Å². The highest BCUT2D eigenvalue weighted by molar-refractivity contribution is 5.93. The molecule has 158 valence electrons. The maximum absolute atomic E-state index is 12.6. The fraction of sp³-hybridized carbons (Fsp3) is 0.154. The van der Waals surface area contributed by atoms with Crippen LogP contribution in [0.1, 0.15) is 39.6 Å². The second-order valence-electron chi connectivity index (χ2n) is 7.46. The van der Waals surface area contributed by atoms with Crippen molar-refractivity contribution in [1.29, 1.82) is 5.26 Å². The van der Waals surface area contributed by atoms with Crippen LogP contribution in [0.25, 0.3) is 11.0 Å². The van der Waals surface area contributed by atoms with Gasteiger partial charge < -0.3 is 9.72 Å². The number of hydrogen-bond acceptors (Lipinski definition) is 5. The highest BCUT2D eigenvalue weighted by atomic mass is 16.5. The number of esters is 1. The van der Waals surface area contributed by atoms with Crippen LogP contribution in [0.3, 0.4) is 0 Å². The Labute approximate surface area is 185 Å². The minimum Gasteiger partial charge on any atom is -0.454 e. The third-order valence-corrected chi connectivity index (χ3v) is 5.16. The molecule has 0 saturated carbocycles. The second-order valence-corrected chi connectivity index (χ2v) is 7.46. The first kappa shape index (κ1) is 21.0. The summed E-state index contributed by atoms with van der Waals surface area (Å²) >= 11 is 0. The van der Waals surface area contributed by atoms with Crippen LogP contribution in [0.4, 0.5) is 0 Å². The lowest BCUT2D eigenvalue weighted by Gasteiger charge is -2.10. The summed E-state index contributed by atoms with van der Waals surface area (Å²) in [7, 11) is 0. The molecule has 0 aliphatic carbocycles. The molecule has 6 heteroatoms. The van der Waals surface area contributed by atoms with Gasteiger partial charge in [-0.3, -0.25) is 4.79 Å². The van der Waals surface area contributed by atoms with E-state index in [1.54, 1.807) is 12.1 Å². The van der Waals surface area contributed by atoms with Gasteiger partial charge >= 0.3 is 5.97 Å². The Hall–Kier alpha value is -4.24. The van der Waals surface area contributed by atoms with Gasteiger partial charge in [-0.2, -0.15) is 5.26 Å². The standard InChI is InChI=1S/C26H21N3O3/c27-16-20(25-28-23-12-6-7-13-24(23)29-25)15-21(30)17-32-26(31)22-11-5-4-10-19(22)14-18-8-2-1-3-9-18/h1-13,20H,14-15,17H2,(H,28,29). The number of imidazole rings is 1. The first-order valence-corrected chi connectivity index (χ1v) is 10.3. The molecule has 0 spiro atoms. The smallest absolute Gasteiger partial charge is 0.338 e. The van der Waals surface area contributed by atoms with Crippen LogP contribution < -0.4 is 0 Å². The summed E-state index contributed by atoms with van der Waals surface area (Å²) in [4.78, 5) is 32.6. The summed E-state index contributed by atoms with van der Waals surface area (Å²) < 4.78 is 5.28. The number of fused-ring (bicyclic) bond motifs is 1. The van der Waals surface area contributed by atoms with Crippen LogP contribution in [0.5, 0.6) is 0 Å². The summed E-state index contributed by atoms with van der Waals surface area (Å²) in [5.74, 6) is -1.20. The van der Waals surface area contributed by atoms with Gasteiger partial charge in [0.25, 0.3) is 0 Å². The third-order valence-electron chi connectivity index (χ3n) is 5.16. The minimum absolute atomic E-state index is 0.0880. The number of nitrogens with zero attached hydrogens (tertiary/aromatic N) is 2. The maximum atomic E-state index is 12.6. The average Bonchev–Trinajstić information content (AvgIpc) is 3.26. The van der Waals surface area contributed by atoms with E-state index in [9.17, 15) is 14.9 Å². The fourth-order valence-electron chi connectivity index (χ4n) is 3.54. The van der Waals surface area contributed by atoms with Gasteiger partial charge in [-0.05, 0) is 35.7 Å². The van der Waals surface area contributed by atoms with Gasteiger partial charge in [0.2, 0.25) is 0 Å². The largest absolute Gasteiger partial charge is 0.454 e. The van der Waals surface area contributed by atoms with Gasteiger partial charge in [0.15, 0.2) is 5.78 Å². The molecule has 6 nitrogen and oxygen atoms in total. The minimum atomic E-state index is -0.737. The molecule has 1 atom stereocenters. The Morgan fingerprint density at radius 2 is 1.69 bits per heavy atom. The van der Waals surface area contributed by atoms with Crippen LogP contribution >= 0.6 is 0 Å². The van der Waals surface area contributed by atoms with Gasteiger partial charge in [-0.25, -0.2) is 9.78 Å². The van der Waals surface area contributed by atoms with Crippen LogP contribution in [-0.2, 0) is 16.0 Å². The summed E-state index contributed by atoms with van der Waals surface area (Å²) in [6, 6.07) is 26.5. The number of aromatic nitrogens is 2. The Balaban J connectivity index is 1.38. The predicted molar refractivity (Wildman–Crippen MR) is 120 cm³/mol. The van der Waals surface area contributed by atoms with Gasteiger partial charge in [-0.15, -0.1) is 0 Å². The molecule has 1 N–H and O–H groups in total. The zero-order chi connectivity index (χ0) is 22.3. The number of ether oxygens (including phenoxy) is 1. The number of ketones is 1. The van der Waals surface area contributed by atoms with E-state index in [0.717, 1.165) is 22.2 Å². The third kappa shape index (κ3) is 4.90. The number of para-hydroxylation sites is 2. The first-order valence-electron chi connectivity index (χ1n) is 10.3. The summed E-state index contributed by atoms with van der Waals surface area (Å²) in [6.07, 6.45) is 0.498. The molecule has 4 aromatic rings. The normalized spacial score (nSPS) is 11.6. The van der Waals surface area contributed by atoms with Crippen molar-refractivity contribution in [3.8, 4) is 6.07 Å². The van der Waals surface area contributed by atoms with E-state index in [2.05, 4.69) is 16.0 Å². The zero-order valence-electron chi connectivity index (χ0n) is 17.3. The molecule has 4 rings (SSSR count). The Morgan fingerprint density at radius 3 is 2.47 bits per heavy atom. The van der Waals surface area contributed by atoms with Crippen molar-refractivity contribution >= 4 is 22.8 Å². The van der Waals surface area contributed by atoms with E-state index in [1.165, 1.54) is 0 Å². The summed E-state index contributed by atoms with van der Waals surface area (Å²) in [5, 5.41) is 9.52. The zero-order valence-corrected chi connectivity index (χ0v) is 17.3. The van der Waals surface area contributed by atoms with Crippen LogP contribution in [0.2, 0.25) is 0 Å². The molecule has 32 heavy (non-hydrogen) atoms. The summed E-state index contributed by atoms with van der Waals surface area (Å²) in [6.45, 7) is -0.392. The molecule has 0 aliphatic heterocycles. The van der Waals surface area contributed by atoms with Crippen molar-refractivity contribution in [2.24, 2.45) is 0 Å². The van der Waals surface area contributed by atoms with Crippen LogP contribution in [0, 0.1) is 11.3 Å². The second kappa shape index (κ2) is 9.71. The van der Waals surface area contributed by atoms with Crippen LogP contribution in [0.15, 0.2) is 78.9 Å². The number of carbonyl (C=O) groups is 2. The SMILES string of the molecule is N#CC(CC(=O)COC(=O)c1ccccc1Cc1ccccc1)c1nc2ccccc2[nH]1. The first-order chi connectivity index (χ1) is 15.6. The maximum Gasteiger partial charge on any atom is 0.338 e. The van der Waals surface area contributed by atoms with E-state index in [-0.39, 0.29) is 12.2 Å². The lowest BCUT2D eigenvalue weighted by Crippen LogP contribution is -2.17. The van der Waals surface area contributed by atoms with E-state index in [4.69, 9.17) is 4.74 Å². The van der Waals surface area contributed by atoms with E-state index < -0.39 is 18.5 Å². The molecular weight excluding hydrogens is 402 g/mol. The molecule has 1 heterocycles. The number of rotatable bonds is 8. The quantitative estimate of drug-likeness (QED) is 0.419. The van der Waals surface area contributed by atoms with Crippen molar-refractivity contribution in [1.82, 2.24) is 9.97 Å². The molecule has 1 unspecified atom stereocenters. The molecule has 3 aromatic carbocycles. The Kier molecular flexibility index (Phi) is 6.38. The number of H-pyrrole nitrogens is 1. The topological polar surface area (TPSA) is 95.8 Å². The molecule has 0 amide bonds. The highest BCUT2D eigenvalue weighted by Crippen LogP contribution is 2.21. The molecule has 0 radical (unpaired) electrons. The van der Waals surface area contributed by atoms with Crippen molar-refractivity contribution in [3.63, 3.8) is 0 Å². The van der Waals surface area contributed by atoms with Gasteiger partial charge in [0.05, 0.1) is 22.7 Å². The number of benzene rings is 3. The number of nitriles is 1. The van der Waals surface area contributed by atoms with E-state index >= 15 is 0 Å². The highest BCUT2D eigenvalue weighted by Gasteiger charge is 2.21. The van der Waals surface area contributed by atoms with E-state index in [1.807, 2.05) is 66.7 Å². The van der Waals surface area contributed by atoms with Crippen molar-refractivity contribution in [2.75, 3.05) is 6.61 Å². The number of nitrogens with one attached hydrogen (secondary N) is 1. The molecule has 0 aliphatic rings. The lowest BCUT2D eigenvalue weighted by atomic mass is 10.00. The Bertz CT molecular complexity index is 1260. The van der Waals surface area contributed by atoms with Crippen LogP contribution in [-0.4, -0.2) is 28.3 Å². The van der Waals surface area contributed by atoms with E-state index in [0.29, 0.717) is 17.8 Å².